The van der Waals surface area contributed by atoms with Crippen LogP contribution >= 0.6 is 24.0 Å². The molecule has 2 N–H and O–H groups in total. The summed E-state index contributed by atoms with van der Waals surface area (Å²) in [6, 6.07) is 8.55. The van der Waals surface area contributed by atoms with Crippen molar-refractivity contribution in [2.24, 2.45) is 10.9 Å². The Hall–Kier alpha value is -1.06. The minimum atomic E-state index is 0. The molecule has 0 aromatic heterocycles. The van der Waals surface area contributed by atoms with Crippen LogP contribution in [0.4, 0.5) is 0 Å². The highest BCUT2D eigenvalue weighted by Gasteiger charge is 2.22. The molecule has 28 heavy (non-hydrogen) atoms. The van der Waals surface area contributed by atoms with Crippen LogP contribution in [-0.4, -0.2) is 63.4 Å². The van der Waals surface area contributed by atoms with Crippen molar-refractivity contribution in [2.45, 2.75) is 39.8 Å². The minimum absolute atomic E-state index is 0. The lowest BCUT2D eigenvalue weighted by molar-refractivity contribution is 0.0132. The van der Waals surface area contributed by atoms with Crippen LogP contribution in [0, 0.1) is 5.92 Å². The SMILES string of the molecule is CCNC(=NCc1cccc(OC)c1)NCC(CC(C)C)N1CCOCC1.I. The lowest BCUT2D eigenvalue weighted by Crippen LogP contribution is -2.51. The van der Waals surface area contributed by atoms with E-state index in [0.717, 1.165) is 56.7 Å². The van der Waals surface area contributed by atoms with Gasteiger partial charge in [-0.15, -0.1) is 24.0 Å². The lowest BCUT2D eigenvalue weighted by atomic mass is 10.0. The molecule has 1 aliphatic heterocycles. The first-order valence-electron chi connectivity index (χ1n) is 10.1. The molecule has 1 saturated heterocycles. The number of hydrogen-bond acceptors (Lipinski definition) is 4. The molecular formula is C21H37IN4O2. The van der Waals surface area contributed by atoms with Crippen molar-refractivity contribution in [2.75, 3.05) is 46.5 Å². The third kappa shape index (κ3) is 8.96. The van der Waals surface area contributed by atoms with E-state index in [1.165, 1.54) is 6.42 Å². The molecule has 0 amide bonds. The molecule has 2 rings (SSSR count). The van der Waals surface area contributed by atoms with Gasteiger partial charge in [0.25, 0.3) is 0 Å². The molecule has 0 saturated carbocycles. The van der Waals surface area contributed by atoms with Crippen LogP contribution in [0.3, 0.4) is 0 Å². The van der Waals surface area contributed by atoms with E-state index in [-0.39, 0.29) is 24.0 Å². The van der Waals surface area contributed by atoms with Gasteiger partial charge >= 0.3 is 0 Å². The number of nitrogens with one attached hydrogen (secondary N) is 2. The van der Waals surface area contributed by atoms with Crippen LogP contribution in [-0.2, 0) is 11.3 Å². The molecule has 6 nitrogen and oxygen atoms in total. The average molecular weight is 504 g/mol. The van der Waals surface area contributed by atoms with Crippen LogP contribution in [0.2, 0.25) is 0 Å². The molecule has 1 aliphatic rings. The fourth-order valence-electron chi connectivity index (χ4n) is 3.35. The number of aliphatic imine (C=N–C) groups is 1. The minimum Gasteiger partial charge on any atom is -0.497 e. The van der Waals surface area contributed by atoms with E-state index in [0.29, 0.717) is 18.5 Å². The smallest absolute Gasteiger partial charge is 0.191 e. The predicted octanol–water partition coefficient (Wildman–Crippen LogP) is 3.12. The van der Waals surface area contributed by atoms with Crippen molar-refractivity contribution < 1.29 is 9.47 Å². The van der Waals surface area contributed by atoms with Gasteiger partial charge in [-0.05, 0) is 37.0 Å². The average Bonchev–Trinajstić information content (AvgIpc) is 2.69. The van der Waals surface area contributed by atoms with Crippen molar-refractivity contribution in [3.63, 3.8) is 0 Å². The van der Waals surface area contributed by atoms with Crippen LogP contribution in [0.25, 0.3) is 0 Å². The maximum Gasteiger partial charge on any atom is 0.191 e. The standard InChI is InChI=1S/C21H36N4O2.HI/c1-5-22-21(23-15-18-7-6-8-20(14-18)26-4)24-16-19(13-17(2)3)25-9-11-27-12-10-25;/h6-8,14,17,19H,5,9-13,15-16H2,1-4H3,(H2,22,23,24);1H. The Balaban J connectivity index is 0.00000392. The molecule has 7 heteroatoms. The summed E-state index contributed by atoms with van der Waals surface area (Å²) in [7, 11) is 1.69. The first-order valence-corrected chi connectivity index (χ1v) is 10.1. The highest BCUT2D eigenvalue weighted by atomic mass is 127. The molecule has 1 aromatic rings. The topological polar surface area (TPSA) is 58.1 Å². The van der Waals surface area contributed by atoms with Gasteiger partial charge in [-0.25, -0.2) is 4.99 Å². The van der Waals surface area contributed by atoms with E-state index in [4.69, 9.17) is 14.5 Å². The van der Waals surface area contributed by atoms with Crippen LogP contribution in [0.1, 0.15) is 32.8 Å². The number of halogens is 1. The van der Waals surface area contributed by atoms with Crippen LogP contribution in [0.15, 0.2) is 29.3 Å². The molecule has 0 radical (unpaired) electrons. The van der Waals surface area contributed by atoms with Gasteiger partial charge in [0.05, 0.1) is 26.9 Å². The Morgan fingerprint density at radius 1 is 1.25 bits per heavy atom. The number of hydrogen-bond donors (Lipinski definition) is 2. The second kappa shape index (κ2) is 14.0. The number of ether oxygens (including phenoxy) is 2. The third-order valence-corrected chi connectivity index (χ3v) is 4.71. The quantitative estimate of drug-likeness (QED) is 0.308. The van der Waals surface area contributed by atoms with Crippen molar-refractivity contribution >= 4 is 29.9 Å². The van der Waals surface area contributed by atoms with Gasteiger partial charge in [-0.2, -0.15) is 0 Å². The van der Waals surface area contributed by atoms with E-state index >= 15 is 0 Å². The highest BCUT2D eigenvalue weighted by molar-refractivity contribution is 14.0. The monoisotopic (exact) mass is 504 g/mol. The summed E-state index contributed by atoms with van der Waals surface area (Å²) in [5.41, 5.74) is 1.14. The summed E-state index contributed by atoms with van der Waals surface area (Å²) in [4.78, 5) is 7.29. The van der Waals surface area contributed by atoms with E-state index in [2.05, 4.69) is 42.4 Å². The summed E-state index contributed by atoms with van der Waals surface area (Å²) in [5, 5.41) is 6.90. The highest BCUT2D eigenvalue weighted by Crippen LogP contribution is 2.14. The van der Waals surface area contributed by atoms with E-state index in [1.54, 1.807) is 7.11 Å². The van der Waals surface area contributed by atoms with Crippen LogP contribution in [0.5, 0.6) is 5.75 Å². The lowest BCUT2D eigenvalue weighted by Gasteiger charge is -2.35. The number of guanidine groups is 1. The molecule has 1 aromatic carbocycles. The second-order valence-electron chi connectivity index (χ2n) is 7.36. The summed E-state index contributed by atoms with van der Waals surface area (Å²) in [6.07, 6.45) is 1.17. The number of methoxy groups -OCH3 is 1. The molecular weight excluding hydrogens is 467 g/mol. The van der Waals surface area contributed by atoms with E-state index < -0.39 is 0 Å². The predicted molar refractivity (Wildman–Crippen MR) is 127 cm³/mol. The summed E-state index contributed by atoms with van der Waals surface area (Å²) < 4.78 is 10.8. The first kappa shape index (κ1) is 25.0. The Morgan fingerprint density at radius 2 is 2.00 bits per heavy atom. The van der Waals surface area contributed by atoms with Gasteiger partial charge in [0.1, 0.15) is 5.75 Å². The van der Waals surface area contributed by atoms with E-state index in [1.807, 2.05) is 18.2 Å². The fraction of sp³-hybridized carbons (Fsp3) is 0.667. The Labute approximate surface area is 187 Å². The Morgan fingerprint density at radius 3 is 2.64 bits per heavy atom. The van der Waals surface area contributed by atoms with E-state index in [9.17, 15) is 0 Å². The van der Waals surface area contributed by atoms with Gasteiger partial charge in [0.2, 0.25) is 0 Å². The Kier molecular flexibility index (Phi) is 12.5. The zero-order valence-corrected chi connectivity index (χ0v) is 20.1. The Bertz CT molecular complexity index is 577. The molecule has 1 heterocycles. The fourth-order valence-corrected chi connectivity index (χ4v) is 3.35. The number of benzene rings is 1. The van der Waals surface area contributed by atoms with Gasteiger partial charge in [-0.3, -0.25) is 4.90 Å². The summed E-state index contributed by atoms with van der Waals surface area (Å²) in [5.74, 6) is 2.39. The van der Waals surface area contributed by atoms with Gasteiger partial charge < -0.3 is 20.1 Å². The zero-order valence-electron chi connectivity index (χ0n) is 17.7. The van der Waals surface area contributed by atoms with Crippen LogP contribution < -0.4 is 15.4 Å². The van der Waals surface area contributed by atoms with Crippen molar-refractivity contribution in [1.29, 1.82) is 0 Å². The largest absolute Gasteiger partial charge is 0.497 e. The molecule has 0 aliphatic carbocycles. The van der Waals surface area contributed by atoms with Gasteiger partial charge in [0, 0.05) is 32.2 Å². The number of rotatable bonds is 9. The van der Waals surface area contributed by atoms with Gasteiger partial charge in [0.15, 0.2) is 5.96 Å². The molecule has 1 fully saturated rings. The maximum absolute atomic E-state index is 5.52. The molecule has 1 unspecified atom stereocenters. The van der Waals surface area contributed by atoms with Crippen molar-refractivity contribution in [3.8, 4) is 5.75 Å². The third-order valence-electron chi connectivity index (χ3n) is 4.71. The van der Waals surface area contributed by atoms with Crippen molar-refractivity contribution in [3.05, 3.63) is 29.8 Å². The molecule has 0 spiro atoms. The van der Waals surface area contributed by atoms with Gasteiger partial charge in [-0.1, -0.05) is 26.0 Å². The maximum atomic E-state index is 5.52. The number of morpholine rings is 1. The molecule has 0 bridgehead atoms. The normalized spacial score (nSPS) is 16.4. The second-order valence-corrected chi connectivity index (χ2v) is 7.36. The first-order chi connectivity index (χ1) is 13.1. The summed E-state index contributed by atoms with van der Waals surface area (Å²) in [6.45, 7) is 12.7. The molecule has 1 atom stereocenters. The zero-order chi connectivity index (χ0) is 19.5. The summed E-state index contributed by atoms with van der Waals surface area (Å²) >= 11 is 0. The van der Waals surface area contributed by atoms with Crippen molar-refractivity contribution in [1.82, 2.24) is 15.5 Å². The molecule has 160 valence electrons. The number of nitrogens with zero attached hydrogens (tertiary/aromatic N) is 2.